The molecule has 3 heterocycles. The summed E-state index contributed by atoms with van der Waals surface area (Å²) in [5.74, 6) is 0.757. The van der Waals surface area contributed by atoms with Gasteiger partial charge in [0, 0.05) is 36.9 Å². The van der Waals surface area contributed by atoms with Crippen LogP contribution in [0.4, 0.5) is 0 Å². The van der Waals surface area contributed by atoms with Crippen LogP contribution < -0.4 is 4.74 Å². The average Bonchev–Trinajstić information content (AvgIpc) is 3.36. The summed E-state index contributed by atoms with van der Waals surface area (Å²) in [6.07, 6.45) is 3.77. The summed E-state index contributed by atoms with van der Waals surface area (Å²) in [5, 5.41) is 5.07. The van der Waals surface area contributed by atoms with Gasteiger partial charge in [-0.1, -0.05) is 35.9 Å². The van der Waals surface area contributed by atoms with Gasteiger partial charge in [0.2, 0.25) is 0 Å². The van der Waals surface area contributed by atoms with Gasteiger partial charge in [-0.05, 0) is 41.0 Å². The van der Waals surface area contributed by atoms with Crippen LogP contribution in [0.15, 0.2) is 60.9 Å². The molecule has 3 aromatic rings. The van der Waals surface area contributed by atoms with Crippen LogP contribution in [0.25, 0.3) is 0 Å². The van der Waals surface area contributed by atoms with Crippen molar-refractivity contribution in [2.24, 2.45) is 0 Å². The van der Waals surface area contributed by atoms with E-state index in [0.717, 1.165) is 16.9 Å². The Bertz CT molecular complexity index is 1000. The number of rotatable bonds is 2. The lowest BCUT2D eigenvalue weighted by atomic mass is 9.95. The Morgan fingerprint density at radius 2 is 2.04 bits per heavy atom. The molecule has 2 atom stereocenters. The van der Waals surface area contributed by atoms with Gasteiger partial charge >= 0.3 is 0 Å². The minimum atomic E-state index is -0.498. The number of aromatic nitrogens is 2. The SMILES string of the molecule is O=C(C1Cc2cc(Cl)ccc2O1)N1Cc2ccccc2C(n2cccn2)C1. The predicted octanol–water partition coefficient (Wildman–Crippen LogP) is 3.47. The minimum Gasteiger partial charge on any atom is -0.480 e. The molecule has 0 N–H and O–H groups in total. The van der Waals surface area contributed by atoms with Crippen LogP contribution >= 0.6 is 11.6 Å². The molecule has 136 valence electrons. The zero-order valence-electron chi connectivity index (χ0n) is 14.6. The number of fused-ring (bicyclic) bond motifs is 2. The normalized spacial score (nSPS) is 20.7. The number of carbonyl (C=O) groups is 1. The summed E-state index contributed by atoms with van der Waals surface area (Å²) in [7, 11) is 0. The maximum absolute atomic E-state index is 13.2. The van der Waals surface area contributed by atoms with E-state index in [4.69, 9.17) is 16.3 Å². The molecule has 0 radical (unpaired) electrons. The van der Waals surface area contributed by atoms with Gasteiger partial charge in [-0.25, -0.2) is 0 Å². The van der Waals surface area contributed by atoms with Crippen LogP contribution in [-0.4, -0.2) is 33.2 Å². The summed E-state index contributed by atoms with van der Waals surface area (Å²) < 4.78 is 7.84. The monoisotopic (exact) mass is 379 g/mol. The molecule has 27 heavy (non-hydrogen) atoms. The second-order valence-electron chi connectivity index (χ2n) is 6.98. The zero-order valence-corrected chi connectivity index (χ0v) is 15.3. The van der Waals surface area contributed by atoms with Crippen molar-refractivity contribution in [2.75, 3.05) is 6.54 Å². The number of ether oxygens (including phenoxy) is 1. The lowest BCUT2D eigenvalue weighted by molar-refractivity contribution is -0.139. The quantitative estimate of drug-likeness (QED) is 0.685. The van der Waals surface area contributed by atoms with Crippen LogP contribution in [0.3, 0.4) is 0 Å². The first-order valence-electron chi connectivity index (χ1n) is 9.00. The smallest absolute Gasteiger partial charge is 0.264 e. The van der Waals surface area contributed by atoms with Crippen molar-refractivity contribution >= 4 is 17.5 Å². The van der Waals surface area contributed by atoms with E-state index in [1.807, 2.05) is 46.1 Å². The van der Waals surface area contributed by atoms with E-state index in [1.54, 1.807) is 12.3 Å². The fourth-order valence-corrected chi connectivity index (χ4v) is 4.19. The highest BCUT2D eigenvalue weighted by atomic mass is 35.5. The van der Waals surface area contributed by atoms with Crippen LogP contribution in [0.5, 0.6) is 5.75 Å². The van der Waals surface area contributed by atoms with Crippen LogP contribution in [0, 0.1) is 0 Å². The predicted molar refractivity (Wildman–Crippen MR) is 102 cm³/mol. The Morgan fingerprint density at radius 1 is 1.15 bits per heavy atom. The molecule has 0 spiro atoms. The van der Waals surface area contributed by atoms with Crippen molar-refractivity contribution in [3.63, 3.8) is 0 Å². The van der Waals surface area contributed by atoms with Gasteiger partial charge in [0.05, 0.1) is 6.04 Å². The average molecular weight is 380 g/mol. The van der Waals surface area contributed by atoms with Gasteiger partial charge in [-0.3, -0.25) is 9.48 Å². The number of carbonyl (C=O) groups excluding carboxylic acids is 1. The van der Waals surface area contributed by atoms with Crippen LogP contribution in [-0.2, 0) is 17.8 Å². The van der Waals surface area contributed by atoms with E-state index in [2.05, 4.69) is 17.2 Å². The molecule has 5 rings (SSSR count). The first-order chi connectivity index (χ1) is 13.2. The third kappa shape index (κ3) is 2.88. The molecule has 0 saturated heterocycles. The second-order valence-corrected chi connectivity index (χ2v) is 7.42. The number of amides is 1. The molecular formula is C21H18ClN3O2. The number of halogens is 1. The van der Waals surface area contributed by atoms with Crippen molar-refractivity contribution in [2.45, 2.75) is 25.1 Å². The number of benzene rings is 2. The molecule has 5 nitrogen and oxygen atoms in total. The van der Waals surface area contributed by atoms with Crippen molar-refractivity contribution in [1.29, 1.82) is 0 Å². The fourth-order valence-electron chi connectivity index (χ4n) is 4.00. The molecule has 1 aromatic heterocycles. The van der Waals surface area contributed by atoms with E-state index in [1.165, 1.54) is 5.56 Å². The van der Waals surface area contributed by atoms with Gasteiger partial charge in [0.25, 0.3) is 5.91 Å². The van der Waals surface area contributed by atoms with E-state index < -0.39 is 6.10 Å². The minimum absolute atomic E-state index is 0.00660. The maximum atomic E-state index is 13.2. The third-order valence-corrected chi connectivity index (χ3v) is 5.53. The molecule has 0 aliphatic carbocycles. The number of hydrogen-bond donors (Lipinski definition) is 0. The molecule has 0 saturated carbocycles. The topological polar surface area (TPSA) is 47.4 Å². The first kappa shape index (κ1) is 16.4. The molecule has 1 amide bonds. The van der Waals surface area contributed by atoms with Crippen LogP contribution in [0.1, 0.15) is 22.7 Å². The Morgan fingerprint density at radius 3 is 2.89 bits per heavy atom. The molecule has 0 bridgehead atoms. The Hall–Kier alpha value is -2.79. The van der Waals surface area contributed by atoms with Gasteiger partial charge in [-0.2, -0.15) is 5.10 Å². The molecule has 0 fully saturated rings. The molecule has 2 aliphatic heterocycles. The standard InChI is InChI=1S/C21H18ClN3O2/c22-16-6-7-19-15(10-16)11-20(27-19)21(26)24-12-14-4-1-2-5-17(14)18(13-24)25-9-3-8-23-25/h1-10,18,20H,11-13H2. The Labute approximate surface area is 162 Å². The van der Waals surface area contributed by atoms with Gasteiger partial charge < -0.3 is 9.64 Å². The Kier molecular flexibility index (Phi) is 3.90. The zero-order chi connectivity index (χ0) is 18.4. The van der Waals surface area contributed by atoms with Gasteiger partial charge in [0.15, 0.2) is 6.10 Å². The summed E-state index contributed by atoms with van der Waals surface area (Å²) in [6.45, 7) is 1.16. The summed E-state index contributed by atoms with van der Waals surface area (Å²) in [6, 6.07) is 15.7. The number of nitrogens with zero attached hydrogens (tertiary/aromatic N) is 3. The molecule has 2 unspecified atom stereocenters. The molecular weight excluding hydrogens is 362 g/mol. The van der Waals surface area contributed by atoms with E-state index in [0.29, 0.717) is 24.5 Å². The van der Waals surface area contributed by atoms with Crippen molar-refractivity contribution in [3.05, 3.63) is 82.6 Å². The number of hydrogen-bond acceptors (Lipinski definition) is 3. The molecule has 6 heteroatoms. The summed E-state index contributed by atoms with van der Waals surface area (Å²) in [4.78, 5) is 15.1. The van der Waals surface area contributed by atoms with E-state index in [-0.39, 0.29) is 11.9 Å². The highest BCUT2D eigenvalue weighted by Gasteiger charge is 2.36. The van der Waals surface area contributed by atoms with Crippen molar-refractivity contribution < 1.29 is 9.53 Å². The van der Waals surface area contributed by atoms with E-state index >= 15 is 0 Å². The largest absolute Gasteiger partial charge is 0.480 e. The lowest BCUT2D eigenvalue weighted by Crippen LogP contribution is -2.46. The summed E-state index contributed by atoms with van der Waals surface area (Å²) in [5.41, 5.74) is 3.35. The van der Waals surface area contributed by atoms with Crippen LogP contribution in [0.2, 0.25) is 5.02 Å². The van der Waals surface area contributed by atoms with Gasteiger partial charge in [-0.15, -0.1) is 0 Å². The maximum Gasteiger partial charge on any atom is 0.264 e. The third-order valence-electron chi connectivity index (χ3n) is 5.30. The lowest BCUT2D eigenvalue weighted by Gasteiger charge is -2.35. The fraction of sp³-hybridized carbons (Fsp3) is 0.238. The molecule has 2 aliphatic rings. The van der Waals surface area contributed by atoms with Crippen molar-refractivity contribution in [3.8, 4) is 5.75 Å². The molecule has 2 aromatic carbocycles. The highest BCUT2D eigenvalue weighted by molar-refractivity contribution is 6.30. The van der Waals surface area contributed by atoms with E-state index in [9.17, 15) is 4.79 Å². The van der Waals surface area contributed by atoms with Crippen molar-refractivity contribution in [1.82, 2.24) is 14.7 Å². The highest BCUT2D eigenvalue weighted by Crippen LogP contribution is 2.34. The first-order valence-corrected chi connectivity index (χ1v) is 9.37. The summed E-state index contributed by atoms with van der Waals surface area (Å²) >= 11 is 6.07. The van der Waals surface area contributed by atoms with Gasteiger partial charge in [0.1, 0.15) is 5.75 Å². The second kappa shape index (κ2) is 6.43. The Balaban J connectivity index is 1.42.